The monoisotopic (exact) mass is 504 g/mol. The van der Waals surface area contributed by atoms with E-state index in [-0.39, 0.29) is 0 Å². The van der Waals surface area contributed by atoms with Gasteiger partial charge < -0.3 is 20.6 Å². The van der Waals surface area contributed by atoms with Crippen molar-refractivity contribution in [3.63, 3.8) is 0 Å². The number of nitrogens with one attached hydrogen (secondary N) is 4. The van der Waals surface area contributed by atoms with Gasteiger partial charge in [0, 0.05) is 71.2 Å². The number of rotatable bonds is 8. The molecule has 4 atom stereocenters. The number of nitrogens with zero attached hydrogens (tertiary/aromatic N) is 2. The number of aromatic nitrogens is 4. The minimum Gasteiger partial charge on any atom is -0.341 e. The molecule has 0 radical (unpaired) electrons. The molecule has 0 amide bonds. The van der Waals surface area contributed by atoms with Crippen LogP contribution in [0.4, 0.5) is 0 Å². The molecule has 4 aromatic rings. The van der Waals surface area contributed by atoms with Crippen molar-refractivity contribution in [1.82, 2.24) is 30.6 Å². The minimum atomic E-state index is 0.626. The van der Waals surface area contributed by atoms with Crippen LogP contribution in [0.3, 0.4) is 0 Å². The third kappa shape index (κ3) is 5.31. The van der Waals surface area contributed by atoms with Crippen LogP contribution in [0.15, 0.2) is 60.9 Å². The van der Waals surface area contributed by atoms with Gasteiger partial charge in [-0.3, -0.25) is 0 Å². The first-order valence-electron chi connectivity index (χ1n) is 13.7. The van der Waals surface area contributed by atoms with Gasteiger partial charge in [0.15, 0.2) is 0 Å². The van der Waals surface area contributed by atoms with Crippen LogP contribution in [0.25, 0.3) is 22.8 Å². The number of hydrogen-bond donors (Lipinski definition) is 4. The Hall–Kier alpha value is -3.66. The maximum absolute atomic E-state index is 4.56. The van der Waals surface area contributed by atoms with Gasteiger partial charge in [-0.1, -0.05) is 63.8 Å². The molecule has 2 aliphatic rings. The summed E-state index contributed by atoms with van der Waals surface area (Å²) in [7, 11) is 0. The van der Waals surface area contributed by atoms with Crippen molar-refractivity contribution < 1.29 is 0 Å². The van der Waals surface area contributed by atoms with E-state index in [9.17, 15) is 0 Å². The minimum absolute atomic E-state index is 0.626. The predicted octanol–water partition coefficient (Wildman–Crippen LogP) is 5.35. The van der Waals surface area contributed by atoms with Crippen LogP contribution in [0, 0.1) is 35.5 Å². The second kappa shape index (κ2) is 10.2. The molecule has 6 heteroatoms. The van der Waals surface area contributed by atoms with Gasteiger partial charge in [0.25, 0.3) is 0 Å². The lowest BCUT2D eigenvalue weighted by atomic mass is 10.1. The number of aromatic amines is 2. The number of imidazole rings is 2. The summed E-state index contributed by atoms with van der Waals surface area (Å²) in [6.45, 7) is 10.8. The third-order valence-corrected chi connectivity index (χ3v) is 8.62. The van der Waals surface area contributed by atoms with Crippen LogP contribution < -0.4 is 10.6 Å². The standard InChI is InChI=1S/C32H36N6/c1-19-20(2)29(19)33-15-27-17-35-31(37-27)25-11-7-23(8-12-25)5-6-24-9-13-26(14-10-24)32-36-18-28(38-32)16-34-30-21(3)22(30)4/h7-14,17-22,29-30,33-34H,15-16H2,1-4H3,(H,35,37)(H,36,38). The molecule has 2 heterocycles. The molecule has 2 aliphatic carbocycles. The zero-order chi connectivity index (χ0) is 26.2. The Morgan fingerprint density at radius 2 is 0.974 bits per heavy atom. The molecule has 6 rings (SSSR count). The Labute approximate surface area is 225 Å². The lowest BCUT2D eigenvalue weighted by Gasteiger charge is -2.01. The van der Waals surface area contributed by atoms with E-state index in [1.165, 1.54) is 0 Å². The van der Waals surface area contributed by atoms with Crippen molar-refractivity contribution in [2.24, 2.45) is 23.7 Å². The molecule has 4 N–H and O–H groups in total. The van der Waals surface area contributed by atoms with Crippen molar-refractivity contribution in [2.75, 3.05) is 0 Å². The fourth-order valence-electron chi connectivity index (χ4n) is 5.28. The maximum atomic E-state index is 4.56. The average Bonchev–Trinajstić information content (AvgIpc) is 3.46. The molecule has 4 unspecified atom stereocenters. The van der Waals surface area contributed by atoms with E-state index in [0.717, 1.165) is 82.1 Å². The van der Waals surface area contributed by atoms with Gasteiger partial charge in [-0.2, -0.15) is 0 Å². The van der Waals surface area contributed by atoms with Crippen molar-refractivity contribution in [3.8, 4) is 34.6 Å². The lowest BCUT2D eigenvalue weighted by molar-refractivity contribution is 0.632. The van der Waals surface area contributed by atoms with E-state index in [4.69, 9.17) is 0 Å². The smallest absolute Gasteiger partial charge is 0.137 e. The van der Waals surface area contributed by atoms with E-state index in [0.29, 0.717) is 12.1 Å². The molecule has 0 spiro atoms. The summed E-state index contributed by atoms with van der Waals surface area (Å²) >= 11 is 0. The Bertz CT molecular complexity index is 1330. The number of hydrogen-bond acceptors (Lipinski definition) is 4. The van der Waals surface area contributed by atoms with Crippen LogP contribution in [-0.2, 0) is 13.1 Å². The van der Waals surface area contributed by atoms with Gasteiger partial charge in [0.1, 0.15) is 11.6 Å². The number of H-pyrrole nitrogens is 2. The lowest BCUT2D eigenvalue weighted by Crippen LogP contribution is -2.18. The van der Waals surface area contributed by atoms with Crippen molar-refractivity contribution >= 4 is 0 Å². The molecular formula is C32H36N6. The summed E-state index contributed by atoms with van der Waals surface area (Å²) in [4.78, 5) is 16.0. The van der Waals surface area contributed by atoms with Crippen LogP contribution in [0.5, 0.6) is 0 Å². The topological polar surface area (TPSA) is 81.4 Å². The zero-order valence-electron chi connectivity index (χ0n) is 22.5. The largest absolute Gasteiger partial charge is 0.341 e. The van der Waals surface area contributed by atoms with Crippen LogP contribution in [0.2, 0.25) is 0 Å². The third-order valence-electron chi connectivity index (χ3n) is 8.62. The molecule has 0 aliphatic heterocycles. The van der Waals surface area contributed by atoms with E-state index in [1.54, 1.807) is 0 Å². The fraction of sp³-hybridized carbons (Fsp3) is 0.375. The normalized spacial score (nSPS) is 25.6. The highest BCUT2D eigenvalue weighted by atomic mass is 15.0. The molecule has 0 bridgehead atoms. The summed E-state index contributed by atoms with van der Waals surface area (Å²) in [5.74, 6) is 11.4. The fourth-order valence-corrected chi connectivity index (χ4v) is 5.28. The summed E-state index contributed by atoms with van der Waals surface area (Å²) in [5, 5.41) is 7.22. The SMILES string of the molecule is CC1C(C)C1NCc1cnc(-c2ccc(C#Cc3ccc(-c4ncc(CNC5C(C)C5C)[nH]4)cc3)cc2)[nH]1. The summed E-state index contributed by atoms with van der Waals surface area (Å²) in [5.41, 5.74) is 6.31. The highest BCUT2D eigenvalue weighted by Gasteiger charge is 2.42. The quantitative estimate of drug-likeness (QED) is 0.244. The van der Waals surface area contributed by atoms with E-state index in [2.05, 4.69) is 94.4 Å². The van der Waals surface area contributed by atoms with Crippen molar-refractivity contribution in [2.45, 2.75) is 52.9 Å². The Morgan fingerprint density at radius 3 is 1.32 bits per heavy atom. The van der Waals surface area contributed by atoms with Crippen LogP contribution in [0.1, 0.15) is 50.2 Å². The van der Waals surface area contributed by atoms with Gasteiger partial charge in [-0.25, -0.2) is 9.97 Å². The Balaban J connectivity index is 1.03. The molecule has 0 saturated heterocycles. The van der Waals surface area contributed by atoms with E-state index in [1.807, 2.05) is 36.7 Å². The van der Waals surface area contributed by atoms with Gasteiger partial charge >= 0.3 is 0 Å². The van der Waals surface area contributed by atoms with Crippen molar-refractivity contribution in [3.05, 3.63) is 83.4 Å². The van der Waals surface area contributed by atoms with Gasteiger partial charge in [-0.05, 0) is 47.9 Å². The van der Waals surface area contributed by atoms with E-state index < -0.39 is 0 Å². The van der Waals surface area contributed by atoms with Gasteiger partial charge in [-0.15, -0.1) is 0 Å². The highest BCUT2D eigenvalue weighted by Crippen LogP contribution is 2.38. The first kappa shape index (κ1) is 24.7. The second-order valence-electron chi connectivity index (χ2n) is 11.2. The number of benzene rings is 2. The maximum Gasteiger partial charge on any atom is 0.137 e. The molecule has 2 fully saturated rings. The molecule has 2 saturated carbocycles. The zero-order valence-corrected chi connectivity index (χ0v) is 22.5. The summed E-state index contributed by atoms with van der Waals surface area (Å²) < 4.78 is 0. The van der Waals surface area contributed by atoms with Crippen molar-refractivity contribution in [1.29, 1.82) is 0 Å². The Kier molecular flexibility index (Phi) is 6.65. The van der Waals surface area contributed by atoms with E-state index >= 15 is 0 Å². The molecule has 2 aromatic carbocycles. The molecule has 194 valence electrons. The first-order chi connectivity index (χ1) is 18.5. The molecular weight excluding hydrogens is 468 g/mol. The van der Waals surface area contributed by atoms with Crippen LogP contribution in [-0.4, -0.2) is 32.0 Å². The van der Waals surface area contributed by atoms with Gasteiger partial charge in [0.05, 0.1) is 0 Å². The second-order valence-corrected chi connectivity index (χ2v) is 11.2. The summed E-state index contributed by atoms with van der Waals surface area (Å²) in [6, 6.07) is 17.7. The van der Waals surface area contributed by atoms with Crippen LogP contribution >= 0.6 is 0 Å². The average molecular weight is 505 g/mol. The molecule has 38 heavy (non-hydrogen) atoms. The summed E-state index contributed by atoms with van der Waals surface area (Å²) in [6.07, 6.45) is 3.85. The van der Waals surface area contributed by atoms with Gasteiger partial charge in [0.2, 0.25) is 0 Å². The first-order valence-corrected chi connectivity index (χ1v) is 13.7. The predicted molar refractivity (Wildman–Crippen MR) is 152 cm³/mol. The highest BCUT2D eigenvalue weighted by molar-refractivity contribution is 5.59. The molecule has 6 nitrogen and oxygen atoms in total. The molecule has 2 aromatic heterocycles. The Morgan fingerprint density at radius 1 is 0.605 bits per heavy atom.